The number of rotatable bonds is 1. The second kappa shape index (κ2) is 5.06. The standard InChI is InChI=1S/C16H16N4O2SSi2/c1-15(24)12-16(25,5-6-17-15)19-13(21)20(12)14-18-11-8-4-7-22-9(8)2-3-10(11)23-14/h2-3,12,17H,4-7H2,1H3,(H,19,21)/t12-,15+,16-/m1/s1. The van der Waals surface area contributed by atoms with E-state index < -0.39 is 10.3 Å². The third kappa shape index (κ3) is 2.16. The first kappa shape index (κ1) is 15.8. The SMILES string of the molecule is C[C@@]1([Si])NCC[C@]2([Si])NC(=O)N(c3nc4c5c(ccc4s3)OCC5)[C@H]12. The quantitative estimate of drug-likeness (QED) is 0.716. The van der Waals surface area contributed by atoms with Crippen molar-refractivity contribution in [1.29, 1.82) is 0 Å². The molecule has 0 aliphatic carbocycles. The van der Waals surface area contributed by atoms with Crippen LogP contribution in [-0.4, -0.2) is 61.0 Å². The Balaban J connectivity index is 1.65. The minimum atomic E-state index is -0.484. The lowest BCUT2D eigenvalue weighted by molar-refractivity contribution is 0.249. The van der Waals surface area contributed by atoms with Crippen molar-refractivity contribution in [3.63, 3.8) is 0 Å². The highest BCUT2D eigenvalue weighted by molar-refractivity contribution is 7.22. The first-order valence-electron chi connectivity index (χ1n) is 8.31. The summed E-state index contributed by atoms with van der Waals surface area (Å²) in [7, 11) is 7.68. The van der Waals surface area contributed by atoms with Crippen molar-refractivity contribution in [3.8, 4) is 5.75 Å². The fraction of sp³-hybridized carbons (Fsp3) is 0.500. The lowest BCUT2D eigenvalue weighted by Crippen LogP contribution is -2.71. The first-order chi connectivity index (χ1) is 11.9. The number of anilines is 1. The number of hydrogen-bond acceptors (Lipinski definition) is 5. The summed E-state index contributed by atoms with van der Waals surface area (Å²) in [5.41, 5.74) is 2.10. The predicted molar refractivity (Wildman–Crippen MR) is 98.9 cm³/mol. The monoisotopic (exact) mass is 384 g/mol. The van der Waals surface area contributed by atoms with E-state index >= 15 is 0 Å². The van der Waals surface area contributed by atoms with Gasteiger partial charge < -0.3 is 15.4 Å². The van der Waals surface area contributed by atoms with Gasteiger partial charge in [0.15, 0.2) is 5.13 Å². The Morgan fingerprint density at radius 1 is 1.44 bits per heavy atom. The summed E-state index contributed by atoms with van der Waals surface area (Å²) in [5, 5.41) is 6.36. The molecule has 2 saturated heterocycles. The fourth-order valence-corrected chi connectivity index (χ4v) is 6.50. The van der Waals surface area contributed by atoms with Crippen LogP contribution >= 0.6 is 11.3 Å². The van der Waals surface area contributed by atoms with Crippen LogP contribution in [0.5, 0.6) is 5.75 Å². The molecule has 2 N–H and O–H groups in total. The molecule has 0 unspecified atom stereocenters. The molecule has 6 radical (unpaired) electrons. The smallest absolute Gasteiger partial charge is 0.324 e. The van der Waals surface area contributed by atoms with E-state index in [2.05, 4.69) is 38.0 Å². The summed E-state index contributed by atoms with van der Waals surface area (Å²) in [6, 6.07) is 3.75. The van der Waals surface area contributed by atoms with Crippen molar-refractivity contribution in [2.45, 2.75) is 36.1 Å². The lowest BCUT2D eigenvalue weighted by Gasteiger charge is -2.48. The predicted octanol–water partition coefficient (Wildman–Crippen LogP) is 0.872. The number of carbonyl (C=O) groups excluding carboxylic acids is 1. The Morgan fingerprint density at radius 2 is 2.28 bits per heavy atom. The number of benzene rings is 1. The van der Waals surface area contributed by atoms with E-state index in [0.29, 0.717) is 11.7 Å². The molecule has 2 aromatic rings. The average molecular weight is 385 g/mol. The Kier molecular flexibility index (Phi) is 3.20. The summed E-state index contributed by atoms with van der Waals surface area (Å²) >= 11 is 1.55. The maximum atomic E-state index is 12.8. The molecule has 3 aliphatic heterocycles. The molecule has 5 rings (SSSR count). The van der Waals surface area contributed by atoms with Crippen LogP contribution in [0.4, 0.5) is 9.93 Å². The van der Waals surface area contributed by atoms with Gasteiger partial charge in [-0.05, 0) is 32.0 Å². The van der Waals surface area contributed by atoms with Crippen LogP contribution in [0.3, 0.4) is 0 Å². The second-order valence-corrected chi connectivity index (χ2v) is 9.98. The number of nitrogens with zero attached hydrogens (tertiary/aromatic N) is 2. The third-order valence-corrected chi connectivity index (χ3v) is 7.38. The molecule has 9 heteroatoms. The second-order valence-electron chi connectivity index (χ2n) is 7.04. The molecule has 3 aliphatic rings. The van der Waals surface area contributed by atoms with E-state index in [1.807, 2.05) is 12.1 Å². The summed E-state index contributed by atoms with van der Waals surface area (Å²) < 4.78 is 6.73. The molecule has 2 amide bonds. The number of thiazole rings is 1. The number of nitrogens with one attached hydrogen (secondary N) is 2. The van der Waals surface area contributed by atoms with Gasteiger partial charge in [0.2, 0.25) is 0 Å². The van der Waals surface area contributed by atoms with Gasteiger partial charge >= 0.3 is 6.03 Å². The molecule has 6 nitrogen and oxygen atoms in total. The largest absolute Gasteiger partial charge is 0.493 e. The normalized spacial score (nSPS) is 34.0. The number of carbonyl (C=O) groups is 1. The zero-order chi connectivity index (χ0) is 17.4. The van der Waals surface area contributed by atoms with Crippen molar-refractivity contribution in [3.05, 3.63) is 17.7 Å². The highest BCUT2D eigenvalue weighted by Gasteiger charge is 2.57. The van der Waals surface area contributed by atoms with E-state index in [0.717, 1.165) is 40.9 Å². The van der Waals surface area contributed by atoms with E-state index in [-0.39, 0.29) is 12.1 Å². The highest BCUT2D eigenvalue weighted by Crippen LogP contribution is 2.42. The van der Waals surface area contributed by atoms with Crippen LogP contribution in [0, 0.1) is 0 Å². The third-order valence-electron chi connectivity index (χ3n) is 5.26. The van der Waals surface area contributed by atoms with Gasteiger partial charge in [-0.2, -0.15) is 0 Å². The van der Waals surface area contributed by atoms with Crippen LogP contribution in [0.25, 0.3) is 10.2 Å². The van der Waals surface area contributed by atoms with E-state index in [1.165, 1.54) is 0 Å². The van der Waals surface area contributed by atoms with Gasteiger partial charge in [-0.25, -0.2) is 9.78 Å². The van der Waals surface area contributed by atoms with Gasteiger partial charge in [0.25, 0.3) is 0 Å². The summed E-state index contributed by atoms with van der Waals surface area (Å²) in [4.78, 5) is 19.4. The van der Waals surface area contributed by atoms with E-state index in [4.69, 9.17) is 9.72 Å². The van der Waals surface area contributed by atoms with Crippen molar-refractivity contribution in [2.75, 3.05) is 18.1 Å². The maximum absolute atomic E-state index is 12.8. The number of fused-ring (bicyclic) bond motifs is 4. The van der Waals surface area contributed by atoms with Gasteiger partial charge in [-0.3, -0.25) is 4.90 Å². The van der Waals surface area contributed by atoms with Crippen LogP contribution in [0.2, 0.25) is 0 Å². The van der Waals surface area contributed by atoms with Gasteiger partial charge in [0.05, 0.1) is 43.4 Å². The summed E-state index contributed by atoms with van der Waals surface area (Å²) in [6.45, 7) is 3.55. The van der Waals surface area contributed by atoms with E-state index in [9.17, 15) is 4.79 Å². The lowest BCUT2D eigenvalue weighted by atomic mass is 9.93. The minimum absolute atomic E-state index is 0.125. The molecule has 4 heterocycles. The topological polar surface area (TPSA) is 66.5 Å². The highest BCUT2D eigenvalue weighted by atomic mass is 32.1. The summed E-state index contributed by atoms with van der Waals surface area (Å²) in [5.74, 6) is 0.911. The van der Waals surface area contributed by atoms with Crippen molar-refractivity contribution in [1.82, 2.24) is 15.6 Å². The fourth-order valence-electron chi connectivity index (χ4n) is 4.18. The Morgan fingerprint density at radius 3 is 3.12 bits per heavy atom. The molecule has 25 heavy (non-hydrogen) atoms. The molecule has 0 saturated carbocycles. The van der Waals surface area contributed by atoms with Gasteiger partial charge in [0, 0.05) is 22.3 Å². The number of aromatic nitrogens is 1. The zero-order valence-electron chi connectivity index (χ0n) is 13.7. The zero-order valence-corrected chi connectivity index (χ0v) is 16.5. The van der Waals surface area contributed by atoms with Crippen LogP contribution in [0.15, 0.2) is 12.1 Å². The van der Waals surface area contributed by atoms with Crippen LogP contribution in [0.1, 0.15) is 18.9 Å². The Labute approximate surface area is 156 Å². The number of ether oxygens (including phenoxy) is 1. The minimum Gasteiger partial charge on any atom is -0.493 e. The molecule has 126 valence electrons. The van der Waals surface area contributed by atoms with Crippen molar-refractivity contribution >= 4 is 53.2 Å². The Bertz CT molecular complexity index is 902. The van der Waals surface area contributed by atoms with Crippen molar-refractivity contribution < 1.29 is 9.53 Å². The first-order valence-corrected chi connectivity index (χ1v) is 10.1. The summed E-state index contributed by atoms with van der Waals surface area (Å²) in [6.07, 6.45) is 1.66. The average Bonchev–Trinajstić information content (AvgIpc) is 3.20. The van der Waals surface area contributed by atoms with Crippen molar-refractivity contribution in [2.24, 2.45) is 0 Å². The molecule has 1 aromatic heterocycles. The van der Waals surface area contributed by atoms with Gasteiger partial charge in [-0.1, -0.05) is 11.3 Å². The Hall–Kier alpha value is -1.43. The molecule has 0 spiro atoms. The number of piperidine rings is 1. The van der Waals surface area contributed by atoms with Crippen LogP contribution in [-0.2, 0) is 6.42 Å². The number of hydrogen-bond donors (Lipinski definition) is 2. The molecular weight excluding hydrogens is 368 g/mol. The molecule has 2 fully saturated rings. The molecule has 1 aromatic carbocycles. The molecular formula is C16H16N4O2SSi2. The number of amides is 2. The molecule has 3 atom stereocenters. The van der Waals surface area contributed by atoms with Gasteiger partial charge in [0.1, 0.15) is 5.75 Å². The van der Waals surface area contributed by atoms with E-state index in [1.54, 1.807) is 16.2 Å². The number of urea groups is 1. The molecule has 0 bridgehead atoms. The maximum Gasteiger partial charge on any atom is 0.324 e. The van der Waals surface area contributed by atoms with Gasteiger partial charge in [-0.15, -0.1) is 0 Å². The van der Waals surface area contributed by atoms with Crippen LogP contribution < -0.4 is 20.3 Å².